The van der Waals surface area contributed by atoms with Crippen molar-refractivity contribution in [3.05, 3.63) is 71.8 Å². The normalized spacial score (nSPS) is 14.1. The number of hydrogen-bond acceptors (Lipinski definition) is 6. The molecular weight excluding hydrogens is 446 g/mol. The number of amides is 2. The van der Waals surface area contributed by atoms with Gasteiger partial charge in [0.05, 0.1) is 5.69 Å². The van der Waals surface area contributed by atoms with Crippen LogP contribution in [0.2, 0.25) is 0 Å². The Hall–Kier alpha value is -3.62. The molecule has 5 rings (SSSR count). The van der Waals surface area contributed by atoms with E-state index < -0.39 is 0 Å². The average Bonchev–Trinajstić information content (AvgIpc) is 3.26. The van der Waals surface area contributed by atoms with Crippen molar-refractivity contribution in [1.29, 1.82) is 0 Å². The highest BCUT2D eigenvalue weighted by Crippen LogP contribution is 2.29. The second-order valence-corrected chi connectivity index (χ2v) is 9.44. The number of benzene rings is 2. The van der Waals surface area contributed by atoms with Crippen LogP contribution < -0.4 is 16.0 Å². The summed E-state index contributed by atoms with van der Waals surface area (Å²) in [7, 11) is 0. The van der Waals surface area contributed by atoms with Crippen LogP contribution in [0.5, 0.6) is 0 Å². The van der Waals surface area contributed by atoms with Gasteiger partial charge in [0.25, 0.3) is 5.91 Å². The molecular formula is C26H25N5O2S. The fourth-order valence-electron chi connectivity index (χ4n) is 4.07. The van der Waals surface area contributed by atoms with Gasteiger partial charge in [-0.2, -0.15) is 0 Å². The number of rotatable bonds is 5. The van der Waals surface area contributed by atoms with E-state index in [1.807, 2.05) is 61.5 Å². The topological polar surface area (TPSA) is 96.0 Å². The van der Waals surface area contributed by atoms with Gasteiger partial charge in [0.15, 0.2) is 5.13 Å². The van der Waals surface area contributed by atoms with Gasteiger partial charge in [0.2, 0.25) is 5.91 Å². The zero-order chi connectivity index (χ0) is 23.5. The number of pyridine rings is 1. The largest absolute Gasteiger partial charge is 0.322 e. The lowest BCUT2D eigenvalue weighted by Gasteiger charge is -2.20. The first-order chi connectivity index (χ1) is 16.5. The number of hydrogen-bond donors (Lipinski definition) is 3. The molecule has 172 valence electrons. The zero-order valence-corrected chi connectivity index (χ0v) is 19.6. The first-order valence-electron chi connectivity index (χ1n) is 11.3. The molecule has 1 fully saturated rings. The molecule has 2 amide bonds. The van der Waals surface area contributed by atoms with Crippen LogP contribution in [0.25, 0.3) is 21.6 Å². The van der Waals surface area contributed by atoms with Gasteiger partial charge in [0, 0.05) is 22.7 Å². The minimum absolute atomic E-state index is 0.0190. The van der Waals surface area contributed by atoms with Crippen molar-refractivity contribution in [2.75, 3.05) is 23.7 Å². The van der Waals surface area contributed by atoms with E-state index in [1.165, 1.54) is 11.3 Å². The van der Waals surface area contributed by atoms with Crippen molar-refractivity contribution in [3.63, 3.8) is 0 Å². The van der Waals surface area contributed by atoms with Crippen LogP contribution in [-0.2, 0) is 4.79 Å². The summed E-state index contributed by atoms with van der Waals surface area (Å²) < 4.78 is 0. The number of nitrogens with one attached hydrogen (secondary N) is 3. The third kappa shape index (κ3) is 4.98. The third-order valence-electron chi connectivity index (χ3n) is 5.89. The SMILES string of the molecule is Cc1cccc(NC(=O)c2cccc(-c3ccc4nc(NC(=O)C5CCNCC5)sc4n3)c2)c1. The molecule has 34 heavy (non-hydrogen) atoms. The lowest BCUT2D eigenvalue weighted by Crippen LogP contribution is -2.34. The molecule has 0 atom stereocenters. The Labute approximate surface area is 201 Å². The molecule has 0 bridgehead atoms. The minimum Gasteiger partial charge on any atom is -0.322 e. The van der Waals surface area contributed by atoms with Crippen LogP contribution in [0.3, 0.4) is 0 Å². The molecule has 1 aliphatic rings. The van der Waals surface area contributed by atoms with Crippen molar-refractivity contribution in [3.8, 4) is 11.3 Å². The van der Waals surface area contributed by atoms with Crippen LogP contribution in [0.1, 0.15) is 28.8 Å². The standard InChI is InChI=1S/C26H25N5O2S/c1-16-4-2-7-20(14-16)28-24(33)19-6-3-5-18(15-19)21-8-9-22-25(29-21)34-26(30-22)31-23(32)17-10-12-27-13-11-17/h2-9,14-15,17,27H,10-13H2,1H3,(H,28,33)(H,30,31,32). The maximum absolute atomic E-state index is 12.8. The monoisotopic (exact) mass is 471 g/mol. The first kappa shape index (κ1) is 22.2. The van der Waals surface area contributed by atoms with E-state index in [4.69, 9.17) is 4.98 Å². The van der Waals surface area contributed by atoms with Crippen molar-refractivity contribution < 1.29 is 9.59 Å². The van der Waals surface area contributed by atoms with E-state index in [9.17, 15) is 9.59 Å². The molecule has 2 aromatic heterocycles. The Morgan fingerprint density at radius 1 is 0.971 bits per heavy atom. The van der Waals surface area contributed by atoms with Crippen LogP contribution in [0, 0.1) is 12.8 Å². The second-order valence-electron chi connectivity index (χ2n) is 8.46. The maximum Gasteiger partial charge on any atom is 0.255 e. The summed E-state index contributed by atoms with van der Waals surface area (Å²) in [6.45, 7) is 3.72. The quantitative estimate of drug-likeness (QED) is 0.386. The summed E-state index contributed by atoms with van der Waals surface area (Å²) >= 11 is 1.36. The summed E-state index contributed by atoms with van der Waals surface area (Å²) in [5.41, 5.74) is 4.73. The average molecular weight is 472 g/mol. The van der Waals surface area contributed by atoms with Crippen LogP contribution in [0.15, 0.2) is 60.7 Å². The van der Waals surface area contributed by atoms with E-state index >= 15 is 0 Å². The summed E-state index contributed by atoms with van der Waals surface area (Å²) in [5.74, 6) is -0.132. The number of nitrogens with zero attached hydrogens (tertiary/aromatic N) is 2. The number of aromatic nitrogens is 2. The first-order valence-corrected chi connectivity index (χ1v) is 12.1. The van der Waals surface area contributed by atoms with Crippen molar-refractivity contribution in [2.45, 2.75) is 19.8 Å². The van der Waals surface area contributed by atoms with Gasteiger partial charge in [-0.25, -0.2) is 9.97 Å². The fourth-order valence-corrected chi connectivity index (χ4v) is 4.91. The Morgan fingerprint density at radius 3 is 2.62 bits per heavy atom. The molecule has 0 spiro atoms. The van der Waals surface area contributed by atoms with E-state index in [2.05, 4.69) is 20.9 Å². The van der Waals surface area contributed by atoms with E-state index in [0.717, 1.165) is 58.8 Å². The molecule has 0 saturated carbocycles. The predicted octanol–water partition coefficient (Wildman–Crippen LogP) is 4.86. The predicted molar refractivity (Wildman–Crippen MR) is 136 cm³/mol. The maximum atomic E-state index is 12.8. The smallest absolute Gasteiger partial charge is 0.255 e. The molecule has 3 N–H and O–H groups in total. The van der Waals surface area contributed by atoms with Crippen molar-refractivity contribution in [1.82, 2.24) is 15.3 Å². The van der Waals surface area contributed by atoms with Gasteiger partial charge < -0.3 is 16.0 Å². The summed E-state index contributed by atoms with van der Waals surface area (Å²) in [6.07, 6.45) is 1.68. The number of piperidine rings is 1. The summed E-state index contributed by atoms with van der Waals surface area (Å²) in [4.78, 5) is 35.3. The molecule has 0 aliphatic carbocycles. The Morgan fingerprint density at radius 2 is 1.79 bits per heavy atom. The number of aryl methyl sites for hydroxylation is 1. The van der Waals surface area contributed by atoms with Gasteiger partial charge in [-0.05, 0) is 74.8 Å². The summed E-state index contributed by atoms with van der Waals surface area (Å²) in [5, 5.41) is 9.74. The molecule has 1 saturated heterocycles. The number of carbonyl (C=O) groups excluding carboxylic acids is 2. The number of anilines is 2. The highest BCUT2D eigenvalue weighted by atomic mass is 32.1. The van der Waals surface area contributed by atoms with Crippen LogP contribution in [0.4, 0.5) is 10.8 Å². The summed E-state index contributed by atoms with van der Waals surface area (Å²) in [6, 6.07) is 18.9. The Balaban J connectivity index is 1.33. The molecule has 8 heteroatoms. The molecule has 0 unspecified atom stereocenters. The van der Waals surface area contributed by atoms with E-state index in [1.54, 1.807) is 6.07 Å². The lowest BCUT2D eigenvalue weighted by atomic mass is 9.97. The van der Waals surface area contributed by atoms with Crippen LogP contribution >= 0.6 is 11.3 Å². The van der Waals surface area contributed by atoms with Gasteiger partial charge in [-0.3, -0.25) is 9.59 Å². The molecule has 1 aliphatic heterocycles. The van der Waals surface area contributed by atoms with Gasteiger partial charge in [-0.1, -0.05) is 35.6 Å². The van der Waals surface area contributed by atoms with Crippen molar-refractivity contribution >= 4 is 44.3 Å². The number of carbonyl (C=O) groups is 2. The van der Waals surface area contributed by atoms with Gasteiger partial charge >= 0.3 is 0 Å². The third-order valence-corrected chi connectivity index (χ3v) is 6.77. The highest BCUT2D eigenvalue weighted by Gasteiger charge is 2.22. The second kappa shape index (κ2) is 9.70. The molecule has 0 radical (unpaired) electrons. The Bertz CT molecular complexity index is 1360. The molecule has 3 heterocycles. The van der Waals surface area contributed by atoms with Crippen LogP contribution in [-0.4, -0.2) is 34.9 Å². The van der Waals surface area contributed by atoms with Crippen molar-refractivity contribution in [2.24, 2.45) is 5.92 Å². The lowest BCUT2D eigenvalue weighted by molar-refractivity contribution is -0.120. The van der Waals surface area contributed by atoms with Gasteiger partial charge in [0.1, 0.15) is 10.3 Å². The highest BCUT2D eigenvalue weighted by molar-refractivity contribution is 7.22. The molecule has 7 nitrogen and oxygen atoms in total. The minimum atomic E-state index is -0.172. The number of fused-ring (bicyclic) bond motifs is 1. The molecule has 2 aromatic carbocycles. The Kier molecular flexibility index (Phi) is 6.33. The zero-order valence-electron chi connectivity index (χ0n) is 18.8. The van der Waals surface area contributed by atoms with E-state index in [0.29, 0.717) is 10.7 Å². The number of thiazole rings is 1. The van der Waals surface area contributed by atoms with Gasteiger partial charge in [-0.15, -0.1) is 0 Å². The van der Waals surface area contributed by atoms with E-state index in [-0.39, 0.29) is 17.7 Å². The molecule has 4 aromatic rings. The fraction of sp³-hybridized carbons (Fsp3) is 0.231.